The zero-order chi connectivity index (χ0) is 21.4. The summed E-state index contributed by atoms with van der Waals surface area (Å²) < 4.78 is 10.1. The van der Waals surface area contributed by atoms with Crippen LogP contribution in [0.3, 0.4) is 0 Å². The number of hydrogen-bond acceptors (Lipinski definition) is 5. The Kier molecular flexibility index (Phi) is 14.5. The fourth-order valence-electron chi connectivity index (χ4n) is 2.31. The first-order chi connectivity index (χ1) is 13.4. The molecule has 1 unspecified atom stereocenters. The molecule has 0 aliphatic heterocycles. The fourth-order valence-corrected chi connectivity index (χ4v) is 2.31. The molecule has 0 heterocycles. The van der Waals surface area contributed by atoms with Gasteiger partial charge in [-0.15, -0.1) is 0 Å². The maximum atomic E-state index is 11.9. The molecule has 0 bridgehead atoms. The maximum absolute atomic E-state index is 11.9. The molecule has 0 spiro atoms. The summed E-state index contributed by atoms with van der Waals surface area (Å²) >= 11 is 0. The third-order valence-corrected chi connectivity index (χ3v) is 3.89. The van der Waals surface area contributed by atoms with E-state index in [0.717, 1.165) is 5.56 Å². The Labute approximate surface area is 169 Å². The predicted molar refractivity (Wildman–Crippen MR) is 113 cm³/mol. The Balaban J connectivity index is 0.00000227. The van der Waals surface area contributed by atoms with Gasteiger partial charge < -0.3 is 25.0 Å². The second-order valence-electron chi connectivity index (χ2n) is 6.23. The SMILES string of the molecule is CCC.CCN(CC)C(=O)COc1ccc(C(C)NCCNC(=O)OC)cc1. The van der Waals surface area contributed by atoms with Crippen LogP contribution in [0.25, 0.3) is 0 Å². The first kappa shape index (κ1) is 25.7. The summed E-state index contributed by atoms with van der Waals surface area (Å²) in [4.78, 5) is 24.6. The molecule has 28 heavy (non-hydrogen) atoms. The van der Waals surface area contributed by atoms with Crippen molar-refractivity contribution in [2.24, 2.45) is 0 Å². The Hall–Kier alpha value is -2.28. The van der Waals surface area contributed by atoms with E-state index in [9.17, 15) is 9.59 Å². The van der Waals surface area contributed by atoms with Gasteiger partial charge in [0.25, 0.3) is 5.91 Å². The topological polar surface area (TPSA) is 79.9 Å². The van der Waals surface area contributed by atoms with Crippen LogP contribution in [-0.4, -0.2) is 56.8 Å². The average molecular weight is 396 g/mol. The van der Waals surface area contributed by atoms with Gasteiger partial charge in [0.2, 0.25) is 0 Å². The fraction of sp³-hybridized carbons (Fsp3) is 0.619. The van der Waals surface area contributed by atoms with E-state index in [1.165, 1.54) is 13.5 Å². The molecule has 2 amide bonds. The average Bonchev–Trinajstić information content (AvgIpc) is 2.71. The minimum absolute atomic E-state index is 0.0118. The Morgan fingerprint density at radius 2 is 1.61 bits per heavy atom. The number of alkyl carbamates (subject to hydrolysis) is 1. The first-order valence-electron chi connectivity index (χ1n) is 9.98. The lowest BCUT2D eigenvalue weighted by atomic mass is 10.1. The summed E-state index contributed by atoms with van der Waals surface area (Å²) in [5, 5.41) is 5.92. The summed E-state index contributed by atoms with van der Waals surface area (Å²) in [6.45, 7) is 12.7. The highest BCUT2D eigenvalue weighted by Gasteiger charge is 2.10. The van der Waals surface area contributed by atoms with E-state index < -0.39 is 6.09 Å². The van der Waals surface area contributed by atoms with E-state index in [-0.39, 0.29) is 18.6 Å². The largest absolute Gasteiger partial charge is 0.484 e. The van der Waals surface area contributed by atoms with Crippen LogP contribution in [-0.2, 0) is 9.53 Å². The lowest BCUT2D eigenvalue weighted by molar-refractivity contribution is -0.132. The molecule has 2 N–H and O–H groups in total. The van der Waals surface area contributed by atoms with Gasteiger partial charge in [0, 0.05) is 32.2 Å². The molecule has 0 radical (unpaired) electrons. The van der Waals surface area contributed by atoms with Gasteiger partial charge in [-0.1, -0.05) is 32.4 Å². The molecule has 0 fully saturated rings. The van der Waals surface area contributed by atoms with Gasteiger partial charge in [0.1, 0.15) is 5.75 Å². The summed E-state index contributed by atoms with van der Waals surface area (Å²) in [6, 6.07) is 7.77. The van der Waals surface area contributed by atoms with Crippen molar-refractivity contribution in [2.45, 2.75) is 47.1 Å². The van der Waals surface area contributed by atoms with E-state index in [4.69, 9.17) is 4.74 Å². The highest BCUT2D eigenvalue weighted by atomic mass is 16.5. The second-order valence-corrected chi connectivity index (χ2v) is 6.23. The number of nitrogens with zero attached hydrogens (tertiary/aromatic N) is 1. The van der Waals surface area contributed by atoms with Gasteiger partial charge in [-0.2, -0.15) is 0 Å². The number of carbonyl (C=O) groups is 2. The molecular weight excluding hydrogens is 358 g/mol. The number of carbonyl (C=O) groups excluding carboxylic acids is 2. The number of rotatable bonds is 10. The second kappa shape index (κ2) is 15.7. The van der Waals surface area contributed by atoms with Crippen molar-refractivity contribution in [3.8, 4) is 5.75 Å². The van der Waals surface area contributed by atoms with Crippen molar-refractivity contribution in [1.82, 2.24) is 15.5 Å². The molecule has 7 nitrogen and oxygen atoms in total. The van der Waals surface area contributed by atoms with Crippen LogP contribution in [0.5, 0.6) is 5.75 Å². The van der Waals surface area contributed by atoms with Crippen molar-refractivity contribution in [2.75, 3.05) is 39.9 Å². The van der Waals surface area contributed by atoms with Crippen LogP contribution in [0.4, 0.5) is 4.79 Å². The summed E-state index contributed by atoms with van der Waals surface area (Å²) in [5.41, 5.74) is 1.10. The quantitative estimate of drug-likeness (QED) is 0.594. The monoisotopic (exact) mass is 395 g/mol. The van der Waals surface area contributed by atoms with Gasteiger partial charge in [-0.05, 0) is 38.5 Å². The summed E-state index contributed by atoms with van der Waals surface area (Å²) in [5.74, 6) is 0.658. The Morgan fingerprint density at radius 1 is 1.04 bits per heavy atom. The molecule has 1 aromatic carbocycles. The lowest BCUT2D eigenvalue weighted by Crippen LogP contribution is -2.34. The molecule has 7 heteroatoms. The maximum Gasteiger partial charge on any atom is 0.406 e. The number of amides is 2. The van der Waals surface area contributed by atoms with Gasteiger partial charge in [0.15, 0.2) is 6.61 Å². The normalized spacial score (nSPS) is 10.9. The van der Waals surface area contributed by atoms with Crippen molar-refractivity contribution in [3.63, 3.8) is 0 Å². The third-order valence-electron chi connectivity index (χ3n) is 3.89. The van der Waals surface area contributed by atoms with Crippen molar-refractivity contribution in [3.05, 3.63) is 29.8 Å². The zero-order valence-electron chi connectivity index (χ0n) is 18.2. The minimum Gasteiger partial charge on any atom is -0.484 e. The number of likely N-dealkylation sites (N-methyl/N-ethyl adjacent to an activating group) is 1. The van der Waals surface area contributed by atoms with E-state index in [1.807, 2.05) is 45.0 Å². The Bertz CT molecular complexity index is 545. The zero-order valence-corrected chi connectivity index (χ0v) is 18.2. The minimum atomic E-state index is -0.435. The molecule has 0 saturated carbocycles. The molecule has 1 rings (SSSR count). The van der Waals surface area contributed by atoms with Crippen LogP contribution >= 0.6 is 0 Å². The van der Waals surface area contributed by atoms with Crippen molar-refractivity contribution >= 4 is 12.0 Å². The van der Waals surface area contributed by atoms with Crippen LogP contribution in [0.1, 0.15) is 52.6 Å². The van der Waals surface area contributed by atoms with E-state index in [0.29, 0.717) is 31.9 Å². The lowest BCUT2D eigenvalue weighted by Gasteiger charge is -2.19. The van der Waals surface area contributed by atoms with Gasteiger partial charge >= 0.3 is 6.09 Å². The summed E-state index contributed by atoms with van der Waals surface area (Å²) in [6.07, 6.45) is 0.815. The van der Waals surface area contributed by atoms with Gasteiger partial charge in [0.05, 0.1) is 7.11 Å². The molecule has 160 valence electrons. The van der Waals surface area contributed by atoms with Crippen molar-refractivity contribution in [1.29, 1.82) is 0 Å². The Morgan fingerprint density at radius 3 is 2.11 bits per heavy atom. The number of benzene rings is 1. The molecule has 0 aromatic heterocycles. The first-order valence-corrected chi connectivity index (χ1v) is 9.98. The van der Waals surface area contributed by atoms with E-state index >= 15 is 0 Å². The van der Waals surface area contributed by atoms with Gasteiger partial charge in [-0.3, -0.25) is 4.79 Å². The molecular formula is C21H37N3O4. The van der Waals surface area contributed by atoms with Crippen LogP contribution in [0, 0.1) is 0 Å². The number of methoxy groups -OCH3 is 1. The standard InChI is InChI=1S/C18H29N3O4.C3H8/c1-5-21(6-2)17(22)13-25-16-9-7-15(8-10-16)14(3)19-11-12-20-18(23)24-4;1-3-2/h7-10,14,19H,5-6,11-13H2,1-4H3,(H,20,23);3H2,1-2H3. The molecule has 1 atom stereocenters. The summed E-state index contributed by atoms with van der Waals surface area (Å²) in [7, 11) is 1.34. The number of nitrogens with one attached hydrogen (secondary N) is 2. The van der Waals surface area contributed by atoms with Crippen molar-refractivity contribution < 1.29 is 19.1 Å². The van der Waals surface area contributed by atoms with E-state index in [2.05, 4.69) is 29.2 Å². The van der Waals surface area contributed by atoms with E-state index in [1.54, 1.807) is 4.90 Å². The van der Waals surface area contributed by atoms with Crippen LogP contribution < -0.4 is 15.4 Å². The molecule has 0 aliphatic carbocycles. The third kappa shape index (κ3) is 10.8. The highest BCUT2D eigenvalue weighted by molar-refractivity contribution is 5.77. The van der Waals surface area contributed by atoms with Crippen LogP contribution in [0.2, 0.25) is 0 Å². The van der Waals surface area contributed by atoms with Crippen LogP contribution in [0.15, 0.2) is 24.3 Å². The molecule has 1 aromatic rings. The number of hydrogen-bond donors (Lipinski definition) is 2. The molecule has 0 aliphatic rings. The van der Waals surface area contributed by atoms with Gasteiger partial charge in [-0.25, -0.2) is 4.79 Å². The number of ether oxygens (including phenoxy) is 2. The smallest absolute Gasteiger partial charge is 0.406 e. The molecule has 0 saturated heterocycles. The highest BCUT2D eigenvalue weighted by Crippen LogP contribution is 2.17. The predicted octanol–water partition coefficient (Wildman–Crippen LogP) is 3.36.